The molecule has 0 unspecified atom stereocenters. The fraction of sp³-hybridized carbons (Fsp3) is 0.364. The van der Waals surface area contributed by atoms with Gasteiger partial charge in [0.25, 0.3) is 0 Å². The number of fused-ring (bicyclic) bond motifs is 1. The van der Waals surface area contributed by atoms with E-state index in [1.165, 1.54) is 11.5 Å². The molecule has 1 heterocycles. The van der Waals surface area contributed by atoms with E-state index in [-0.39, 0.29) is 0 Å². The molecule has 0 aliphatic rings. The zero-order valence-corrected chi connectivity index (χ0v) is 9.51. The van der Waals surface area contributed by atoms with Gasteiger partial charge >= 0.3 is 0 Å². The number of nitrogens with one attached hydrogen (secondary N) is 1. The van der Waals surface area contributed by atoms with Crippen LogP contribution in [0.5, 0.6) is 5.06 Å². The van der Waals surface area contributed by atoms with Gasteiger partial charge < -0.3 is 10.1 Å². The second-order valence-electron chi connectivity index (χ2n) is 3.19. The van der Waals surface area contributed by atoms with Crippen molar-refractivity contribution >= 4 is 22.4 Å². The molecule has 4 heteroatoms. The predicted octanol–water partition coefficient (Wildman–Crippen LogP) is 2.28. The van der Waals surface area contributed by atoms with Crippen molar-refractivity contribution in [2.75, 3.05) is 19.7 Å². The van der Waals surface area contributed by atoms with E-state index in [1.54, 1.807) is 0 Å². The van der Waals surface area contributed by atoms with E-state index in [0.717, 1.165) is 29.1 Å². The average molecular weight is 222 g/mol. The molecular weight excluding hydrogens is 208 g/mol. The minimum atomic E-state index is 0.694. The lowest BCUT2D eigenvalue weighted by atomic mass is 10.3. The van der Waals surface area contributed by atoms with Crippen LogP contribution in [-0.2, 0) is 0 Å². The summed E-state index contributed by atoms with van der Waals surface area (Å²) in [6.45, 7) is 4.64. The van der Waals surface area contributed by atoms with Crippen molar-refractivity contribution in [1.82, 2.24) is 9.69 Å². The van der Waals surface area contributed by atoms with Crippen LogP contribution in [0.15, 0.2) is 24.3 Å². The summed E-state index contributed by atoms with van der Waals surface area (Å²) in [7, 11) is 0. The lowest BCUT2D eigenvalue weighted by Gasteiger charge is -2.03. The number of hydrogen-bond donors (Lipinski definition) is 1. The third-order valence-corrected chi connectivity index (χ3v) is 2.90. The molecule has 2 rings (SSSR count). The standard InChI is InChI=1S/C11H14N2OS/c1-2-12-7-8-14-11-9-5-3-4-6-10(9)13-15-11/h3-6,12H,2,7-8H2,1H3. The van der Waals surface area contributed by atoms with Crippen LogP contribution in [0.3, 0.4) is 0 Å². The molecule has 0 atom stereocenters. The van der Waals surface area contributed by atoms with Crippen molar-refractivity contribution < 1.29 is 4.74 Å². The van der Waals surface area contributed by atoms with Crippen LogP contribution in [0.1, 0.15) is 6.92 Å². The van der Waals surface area contributed by atoms with Crippen LogP contribution < -0.4 is 10.1 Å². The maximum Gasteiger partial charge on any atom is 0.201 e. The van der Waals surface area contributed by atoms with Gasteiger partial charge in [-0.05, 0) is 18.7 Å². The molecule has 0 bridgehead atoms. The van der Waals surface area contributed by atoms with Crippen molar-refractivity contribution in [3.63, 3.8) is 0 Å². The molecule has 0 saturated heterocycles. The molecule has 1 aromatic heterocycles. The summed E-state index contributed by atoms with van der Waals surface area (Å²) in [5, 5.41) is 5.25. The highest BCUT2D eigenvalue weighted by molar-refractivity contribution is 7.09. The molecule has 0 spiro atoms. The van der Waals surface area contributed by atoms with E-state index >= 15 is 0 Å². The summed E-state index contributed by atoms with van der Waals surface area (Å²) in [5.41, 5.74) is 1.01. The summed E-state index contributed by atoms with van der Waals surface area (Å²) < 4.78 is 9.97. The molecule has 15 heavy (non-hydrogen) atoms. The van der Waals surface area contributed by atoms with Crippen LogP contribution >= 0.6 is 11.5 Å². The summed E-state index contributed by atoms with van der Waals surface area (Å²) in [5.74, 6) is 0. The molecule has 0 aliphatic carbocycles. The maximum absolute atomic E-state index is 5.65. The average Bonchev–Trinajstić information content (AvgIpc) is 2.68. The third kappa shape index (κ3) is 2.46. The summed E-state index contributed by atoms with van der Waals surface area (Å²) >= 11 is 1.42. The minimum Gasteiger partial charge on any atom is -0.481 e. The Morgan fingerprint density at radius 2 is 2.27 bits per heavy atom. The summed E-state index contributed by atoms with van der Waals surface area (Å²) in [6.07, 6.45) is 0. The second-order valence-corrected chi connectivity index (χ2v) is 3.93. The number of benzene rings is 1. The highest BCUT2D eigenvalue weighted by atomic mass is 32.1. The monoisotopic (exact) mass is 222 g/mol. The Labute approximate surface area is 93.2 Å². The molecule has 1 N–H and O–H groups in total. The lowest BCUT2D eigenvalue weighted by Crippen LogP contribution is -2.20. The van der Waals surface area contributed by atoms with Gasteiger partial charge in [-0.3, -0.25) is 0 Å². The van der Waals surface area contributed by atoms with Gasteiger partial charge in [-0.2, -0.15) is 4.37 Å². The predicted molar refractivity (Wildman–Crippen MR) is 63.7 cm³/mol. The van der Waals surface area contributed by atoms with Crippen molar-refractivity contribution in [1.29, 1.82) is 0 Å². The van der Waals surface area contributed by atoms with Gasteiger partial charge in [0.1, 0.15) is 6.61 Å². The Bertz CT molecular complexity index is 427. The van der Waals surface area contributed by atoms with Crippen LogP contribution in [0.4, 0.5) is 0 Å². The third-order valence-electron chi connectivity index (χ3n) is 2.11. The van der Waals surface area contributed by atoms with E-state index in [9.17, 15) is 0 Å². The smallest absolute Gasteiger partial charge is 0.201 e. The Morgan fingerprint density at radius 3 is 3.13 bits per heavy atom. The number of hydrogen-bond acceptors (Lipinski definition) is 4. The van der Waals surface area contributed by atoms with Crippen LogP contribution in [0, 0.1) is 0 Å². The molecule has 0 fully saturated rings. The first-order valence-electron chi connectivity index (χ1n) is 5.09. The van der Waals surface area contributed by atoms with E-state index in [4.69, 9.17) is 4.74 Å². The van der Waals surface area contributed by atoms with Crippen molar-refractivity contribution in [2.45, 2.75) is 6.92 Å². The Balaban J connectivity index is 2.02. The highest BCUT2D eigenvalue weighted by Gasteiger charge is 2.05. The van der Waals surface area contributed by atoms with E-state index in [2.05, 4.69) is 16.6 Å². The van der Waals surface area contributed by atoms with Gasteiger partial charge in [0.15, 0.2) is 0 Å². The van der Waals surface area contributed by atoms with Gasteiger partial charge in [0, 0.05) is 18.1 Å². The molecule has 0 aliphatic heterocycles. The van der Waals surface area contributed by atoms with Gasteiger partial charge in [-0.1, -0.05) is 19.1 Å². The Hall–Kier alpha value is -1.13. The summed E-state index contributed by atoms with van der Waals surface area (Å²) in [4.78, 5) is 0. The zero-order valence-electron chi connectivity index (χ0n) is 8.69. The zero-order chi connectivity index (χ0) is 10.5. The summed E-state index contributed by atoms with van der Waals surface area (Å²) in [6, 6.07) is 8.04. The molecule has 80 valence electrons. The van der Waals surface area contributed by atoms with Gasteiger partial charge in [0.05, 0.1) is 10.9 Å². The number of nitrogens with zero attached hydrogens (tertiary/aromatic N) is 1. The molecule has 0 saturated carbocycles. The van der Waals surface area contributed by atoms with E-state index in [0.29, 0.717) is 6.61 Å². The lowest BCUT2D eigenvalue weighted by molar-refractivity contribution is 0.327. The Morgan fingerprint density at radius 1 is 1.40 bits per heavy atom. The largest absolute Gasteiger partial charge is 0.481 e. The molecule has 0 radical (unpaired) electrons. The SMILES string of the molecule is CCNCCOc1snc2ccccc12. The quantitative estimate of drug-likeness (QED) is 0.788. The Kier molecular flexibility index (Phi) is 3.53. The van der Waals surface area contributed by atoms with Crippen molar-refractivity contribution in [3.05, 3.63) is 24.3 Å². The fourth-order valence-electron chi connectivity index (χ4n) is 1.36. The number of rotatable bonds is 5. The van der Waals surface area contributed by atoms with Gasteiger partial charge in [-0.15, -0.1) is 0 Å². The fourth-order valence-corrected chi connectivity index (χ4v) is 2.11. The first kappa shape index (κ1) is 10.4. The second kappa shape index (κ2) is 5.09. The van der Waals surface area contributed by atoms with E-state index in [1.807, 2.05) is 24.3 Å². The van der Waals surface area contributed by atoms with Crippen molar-refractivity contribution in [2.24, 2.45) is 0 Å². The van der Waals surface area contributed by atoms with Crippen LogP contribution in [0.2, 0.25) is 0 Å². The van der Waals surface area contributed by atoms with Gasteiger partial charge in [-0.25, -0.2) is 0 Å². The molecule has 3 nitrogen and oxygen atoms in total. The molecule has 0 amide bonds. The van der Waals surface area contributed by atoms with Crippen LogP contribution in [-0.4, -0.2) is 24.1 Å². The number of ether oxygens (including phenoxy) is 1. The maximum atomic E-state index is 5.65. The number of likely N-dealkylation sites (N-methyl/N-ethyl adjacent to an activating group) is 1. The molecule has 2 aromatic rings. The normalized spacial score (nSPS) is 10.7. The minimum absolute atomic E-state index is 0.694. The molecule has 1 aromatic carbocycles. The highest BCUT2D eigenvalue weighted by Crippen LogP contribution is 2.29. The first-order chi connectivity index (χ1) is 7.42. The van der Waals surface area contributed by atoms with Crippen LogP contribution in [0.25, 0.3) is 10.9 Å². The van der Waals surface area contributed by atoms with Gasteiger partial charge in [0.2, 0.25) is 5.06 Å². The van der Waals surface area contributed by atoms with E-state index < -0.39 is 0 Å². The number of aromatic nitrogens is 1. The van der Waals surface area contributed by atoms with Crippen molar-refractivity contribution in [3.8, 4) is 5.06 Å². The topological polar surface area (TPSA) is 34.1 Å². The first-order valence-corrected chi connectivity index (χ1v) is 5.87. The molecular formula is C11H14N2OS.